The van der Waals surface area contributed by atoms with Gasteiger partial charge in [0.05, 0.1) is 22.2 Å². The summed E-state index contributed by atoms with van der Waals surface area (Å²) in [6.07, 6.45) is 0. The standard InChI is InChI=1S/C29H34BrN3O5S/c1-20(2)31-29(35)22(4)32(18-23-9-7-6-8-10-23)28(34)19-33(24-13-11-21(3)12-14-24)39(36,37)25-15-16-27(38-5)26(30)17-25/h6-17,20,22H,18-19H2,1-5H3,(H,31,35)/t22-/m1/s1. The topological polar surface area (TPSA) is 96.0 Å². The molecule has 39 heavy (non-hydrogen) atoms. The molecule has 0 spiro atoms. The van der Waals surface area contributed by atoms with Gasteiger partial charge in [-0.15, -0.1) is 0 Å². The van der Waals surface area contributed by atoms with Gasteiger partial charge < -0.3 is 15.0 Å². The van der Waals surface area contributed by atoms with Crippen molar-refractivity contribution in [2.24, 2.45) is 0 Å². The van der Waals surface area contributed by atoms with Crippen molar-refractivity contribution in [3.8, 4) is 5.75 Å². The minimum Gasteiger partial charge on any atom is -0.496 e. The van der Waals surface area contributed by atoms with Gasteiger partial charge in [-0.05, 0) is 79.5 Å². The van der Waals surface area contributed by atoms with Crippen LogP contribution in [0.25, 0.3) is 0 Å². The summed E-state index contributed by atoms with van der Waals surface area (Å²) >= 11 is 3.35. The monoisotopic (exact) mass is 615 g/mol. The number of methoxy groups -OCH3 is 1. The first-order chi connectivity index (χ1) is 18.4. The zero-order valence-electron chi connectivity index (χ0n) is 22.7. The average molecular weight is 617 g/mol. The summed E-state index contributed by atoms with van der Waals surface area (Å²) in [6.45, 7) is 6.86. The van der Waals surface area contributed by atoms with E-state index in [1.54, 1.807) is 37.3 Å². The van der Waals surface area contributed by atoms with Crippen LogP contribution in [0.5, 0.6) is 5.75 Å². The van der Waals surface area contributed by atoms with E-state index in [0.717, 1.165) is 15.4 Å². The average Bonchev–Trinajstić information content (AvgIpc) is 2.90. The van der Waals surface area contributed by atoms with Crippen molar-refractivity contribution in [2.45, 2.75) is 51.2 Å². The molecule has 1 N–H and O–H groups in total. The summed E-state index contributed by atoms with van der Waals surface area (Å²) in [4.78, 5) is 28.2. The Balaban J connectivity index is 2.04. The van der Waals surface area contributed by atoms with Crippen LogP contribution in [0.2, 0.25) is 0 Å². The van der Waals surface area contributed by atoms with Crippen LogP contribution in [-0.2, 0) is 26.2 Å². The molecule has 0 heterocycles. The van der Waals surface area contributed by atoms with Gasteiger partial charge in [0, 0.05) is 12.6 Å². The summed E-state index contributed by atoms with van der Waals surface area (Å²) in [6, 6.07) is 19.6. The van der Waals surface area contributed by atoms with E-state index in [0.29, 0.717) is 15.9 Å². The maximum Gasteiger partial charge on any atom is 0.264 e. The highest BCUT2D eigenvalue weighted by molar-refractivity contribution is 9.10. The second kappa shape index (κ2) is 13.1. The summed E-state index contributed by atoms with van der Waals surface area (Å²) in [7, 11) is -2.69. The second-order valence-electron chi connectivity index (χ2n) is 9.49. The number of ether oxygens (including phenoxy) is 1. The van der Waals surface area contributed by atoms with Crippen LogP contribution in [0.15, 0.2) is 82.2 Å². The fourth-order valence-electron chi connectivity index (χ4n) is 3.94. The summed E-state index contributed by atoms with van der Waals surface area (Å²) < 4.78 is 34.7. The molecule has 3 aromatic carbocycles. The number of aryl methyl sites for hydroxylation is 1. The molecule has 0 saturated carbocycles. The normalized spacial score (nSPS) is 12.1. The first kappa shape index (κ1) is 30.2. The smallest absolute Gasteiger partial charge is 0.264 e. The van der Waals surface area contributed by atoms with Gasteiger partial charge in [-0.25, -0.2) is 8.42 Å². The van der Waals surface area contributed by atoms with Crippen molar-refractivity contribution in [2.75, 3.05) is 18.0 Å². The van der Waals surface area contributed by atoms with E-state index < -0.39 is 28.5 Å². The Bertz CT molecular complexity index is 1400. The van der Waals surface area contributed by atoms with Crippen LogP contribution in [0.3, 0.4) is 0 Å². The molecule has 0 aliphatic rings. The Morgan fingerprint density at radius 2 is 1.62 bits per heavy atom. The molecule has 0 aliphatic heterocycles. The third kappa shape index (κ3) is 7.60. The highest BCUT2D eigenvalue weighted by Gasteiger charge is 2.33. The highest BCUT2D eigenvalue weighted by Crippen LogP contribution is 2.31. The van der Waals surface area contributed by atoms with E-state index in [9.17, 15) is 18.0 Å². The van der Waals surface area contributed by atoms with Crippen LogP contribution in [0.1, 0.15) is 31.9 Å². The predicted octanol–water partition coefficient (Wildman–Crippen LogP) is 4.90. The lowest BCUT2D eigenvalue weighted by molar-refractivity contribution is -0.139. The van der Waals surface area contributed by atoms with Gasteiger partial charge in [0.15, 0.2) is 0 Å². The Labute approximate surface area is 239 Å². The van der Waals surface area contributed by atoms with Crippen LogP contribution in [0, 0.1) is 6.92 Å². The van der Waals surface area contributed by atoms with Gasteiger partial charge in [-0.1, -0.05) is 48.0 Å². The number of carbonyl (C=O) groups is 2. The number of hydrogen-bond acceptors (Lipinski definition) is 5. The Hall–Kier alpha value is -3.37. The minimum atomic E-state index is -4.18. The van der Waals surface area contributed by atoms with E-state index in [2.05, 4.69) is 21.2 Å². The van der Waals surface area contributed by atoms with Crippen LogP contribution in [0.4, 0.5) is 5.69 Å². The molecule has 8 nitrogen and oxygen atoms in total. The number of nitrogens with one attached hydrogen (secondary N) is 1. The highest BCUT2D eigenvalue weighted by atomic mass is 79.9. The molecule has 2 amide bonds. The molecule has 0 unspecified atom stereocenters. The number of amides is 2. The van der Waals surface area contributed by atoms with Crippen molar-refractivity contribution in [3.05, 3.63) is 88.4 Å². The third-order valence-corrected chi connectivity index (χ3v) is 8.50. The van der Waals surface area contributed by atoms with Gasteiger partial charge >= 0.3 is 0 Å². The zero-order chi connectivity index (χ0) is 28.7. The van der Waals surface area contributed by atoms with E-state index in [4.69, 9.17) is 4.74 Å². The van der Waals surface area contributed by atoms with Crippen molar-refractivity contribution in [3.63, 3.8) is 0 Å². The lowest BCUT2D eigenvalue weighted by Crippen LogP contribution is -2.52. The summed E-state index contributed by atoms with van der Waals surface area (Å²) in [5, 5.41) is 2.85. The second-order valence-corrected chi connectivity index (χ2v) is 12.2. The quantitative estimate of drug-likeness (QED) is 0.331. The largest absolute Gasteiger partial charge is 0.496 e. The number of carbonyl (C=O) groups excluding carboxylic acids is 2. The van der Waals surface area contributed by atoms with E-state index in [-0.39, 0.29) is 23.4 Å². The number of nitrogens with zero attached hydrogens (tertiary/aromatic N) is 2. The van der Waals surface area contributed by atoms with Crippen LogP contribution >= 0.6 is 15.9 Å². The van der Waals surface area contributed by atoms with Crippen molar-refractivity contribution in [1.29, 1.82) is 0 Å². The van der Waals surface area contributed by atoms with Gasteiger partial charge in [0.2, 0.25) is 11.8 Å². The number of benzene rings is 3. The molecule has 10 heteroatoms. The molecular weight excluding hydrogens is 582 g/mol. The van der Waals surface area contributed by atoms with Crippen molar-refractivity contribution >= 4 is 43.5 Å². The molecule has 0 bridgehead atoms. The molecule has 0 aromatic heterocycles. The van der Waals surface area contributed by atoms with Crippen molar-refractivity contribution < 1.29 is 22.7 Å². The first-order valence-electron chi connectivity index (χ1n) is 12.5. The number of rotatable bonds is 11. The maximum atomic E-state index is 13.9. The fourth-order valence-corrected chi connectivity index (χ4v) is 6.08. The van der Waals surface area contributed by atoms with Gasteiger partial charge in [-0.3, -0.25) is 13.9 Å². The van der Waals surface area contributed by atoms with Crippen molar-refractivity contribution in [1.82, 2.24) is 10.2 Å². The number of sulfonamides is 1. The molecule has 0 saturated heterocycles. The molecular formula is C29H34BrN3O5S. The lowest BCUT2D eigenvalue weighted by Gasteiger charge is -2.32. The molecule has 3 rings (SSSR count). The van der Waals surface area contributed by atoms with E-state index >= 15 is 0 Å². The number of halogens is 1. The third-order valence-electron chi connectivity index (χ3n) is 6.11. The summed E-state index contributed by atoms with van der Waals surface area (Å²) in [5.74, 6) is -0.356. The molecule has 3 aromatic rings. The van der Waals surface area contributed by atoms with Gasteiger partial charge in [-0.2, -0.15) is 0 Å². The number of hydrogen-bond donors (Lipinski definition) is 1. The van der Waals surface area contributed by atoms with Crippen LogP contribution < -0.4 is 14.4 Å². The molecule has 208 valence electrons. The van der Waals surface area contributed by atoms with E-state index in [1.807, 2.05) is 51.1 Å². The Morgan fingerprint density at radius 1 is 0.974 bits per heavy atom. The zero-order valence-corrected chi connectivity index (χ0v) is 25.1. The maximum absolute atomic E-state index is 13.9. The summed E-state index contributed by atoms with van der Waals surface area (Å²) in [5.41, 5.74) is 2.10. The molecule has 0 radical (unpaired) electrons. The van der Waals surface area contributed by atoms with Gasteiger partial charge in [0.25, 0.3) is 10.0 Å². The van der Waals surface area contributed by atoms with E-state index in [1.165, 1.54) is 24.1 Å². The molecule has 0 aliphatic carbocycles. The fraction of sp³-hybridized carbons (Fsp3) is 0.310. The Morgan fingerprint density at radius 3 is 2.18 bits per heavy atom. The Kier molecular flexibility index (Phi) is 10.2. The predicted molar refractivity (Wildman–Crippen MR) is 156 cm³/mol. The number of anilines is 1. The van der Waals surface area contributed by atoms with Crippen LogP contribution in [-0.4, -0.2) is 50.9 Å². The molecule has 1 atom stereocenters. The SMILES string of the molecule is COc1ccc(S(=O)(=O)N(CC(=O)N(Cc2ccccc2)[C@H](C)C(=O)NC(C)C)c2ccc(C)cc2)cc1Br. The lowest BCUT2D eigenvalue weighted by atomic mass is 10.1. The minimum absolute atomic E-state index is 0.0104. The first-order valence-corrected chi connectivity index (χ1v) is 14.7. The van der Waals surface area contributed by atoms with Gasteiger partial charge in [0.1, 0.15) is 18.3 Å². The molecule has 0 fully saturated rings.